The maximum Gasteiger partial charge on any atom is 0.170 e. The van der Waals surface area contributed by atoms with Crippen molar-refractivity contribution in [2.75, 3.05) is 13.6 Å². The van der Waals surface area contributed by atoms with Crippen molar-refractivity contribution in [1.29, 1.82) is 0 Å². The second-order valence-electron chi connectivity index (χ2n) is 3.61. The zero-order chi connectivity index (χ0) is 10.8. The van der Waals surface area contributed by atoms with Crippen molar-refractivity contribution in [3.8, 4) is 0 Å². The maximum absolute atomic E-state index is 11.5. The molecule has 1 unspecified atom stereocenters. The molecule has 1 N–H and O–H groups in total. The van der Waals surface area contributed by atoms with Gasteiger partial charge in [-0.1, -0.05) is 23.7 Å². The first-order chi connectivity index (χ1) is 7.16. The van der Waals surface area contributed by atoms with Crippen molar-refractivity contribution in [3.05, 3.63) is 34.9 Å². The van der Waals surface area contributed by atoms with E-state index in [2.05, 4.69) is 4.72 Å². The van der Waals surface area contributed by atoms with Crippen LogP contribution in [0.2, 0.25) is 5.02 Å². The van der Waals surface area contributed by atoms with Gasteiger partial charge in [-0.2, -0.15) is 0 Å². The molecule has 15 heavy (non-hydrogen) atoms. The van der Waals surface area contributed by atoms with Gasteiger partial charge >= 0.3 is 0 Å². The Hall–Kier alpha value is -0.420. The van der Waals surface area contributed by atoms with Gasteiger partial charge in [0.25, 0.3) is 0 Å². The van der Waals surface area contributed by atoms with Crippen LogP contribution in [0.1, 0.15) is 18.0 Å². The number of nitrogens with one attached hydrogen (secondary N) is 1. The minimum atomic E-state index is -1.07. The normalized spacial score (nSPS) is 27.9. The van der Waals surface area contributed by atoms with Crippen LogP contribution in [0.25, 0.3) is 0 Å². The Balaban J connectivity index is 2.12. The van der Waals surface area contributed by atoms with E-state index in [9.17, 15) is 4.21 Å². The van der Waals surface area contributed by atoms with E-state index in [0.29, 0.717) is 0 Å². The summed E-state index contributed by atoms with van der Waals surface area (Å²) < 4.78 is 16.4. The maximum atomic E-state index is 11.5. The second-order valence-corrected chi connectivity index (χ2v) is 5.41. The van der Waals surface area contributed by atoms with Crippen molar-refractivity contribution in [2.24, 2.45) is 0 Å². The molecular formula is C10H13ClN2OS. The van der Waals surface area contributed by atoms with E-state index in [1.54, 1.807) is 4.31 Å². The highest BCUT2D eigenvalue weighted by atomic mass is 35.5. The summed E-state index contributed by atoms with van der Waals surface area (Å²) >= 11 is 4.74. The minimum Gasteiger partial charge on any atom is -0.225 e. The molecule has 1 aliphatic heterocycles. The van der Waals surface area contributed by atoms with E-state index in [1.165, 1.54) is 0 Å². The summed E-state index contributed by atoms with van der Waals surface area (Å²) in [5.41, 5.74) is 1.14. The fourth-order valence-corrected chi connectivity index (χ4v) is 2.67. The van der Waals surface area contributed by atoms with Gasteiger partial charge in [-0.05, 0) is 24.1 Å². The number of nitrogens with zero attached hydrogens (tertiary/aromatic N) is 1. The predicted octanol–water partition coefficient (Wildman–Crippen LogP) is 1.88. The van der Waals surface area contributed by atoms with Crippen molar-refractivity contribution in [2.45, 2.75) is 12.5 Å². The Morgan fingerprint density at radius 1 is 1.47 bits per heavy atom. The lowest BCUT2D eigenvalue weighted by Crippen LogP contribution is -2.41. The Kier molecular flexibility index (Phi) is 3.41. The third-order valence-electron chi connectivity index (χ3n) is 2.53. The third kappa shape index (κ3) is 2.58. The van der Waals surface area contributed by atoms with E-state index in [4.69, 9.17) is 11.6 Å². The molecule has 0 aliphatic carbocycles. The van der Waals surface area contributed by atoms with Crippen LogP contribution in [0.15, 0.2) is 24.3 Å². The Morgan fingerprint density at radius 3 is 2.73 bits per heavy atom. The van der Waals surface area contributed by atoms with E-state index in [0.717, 1.165) is 23.6 Å². The first kappa shape index (κ1) is 11.1. The molecule has 0 spiro atoms. The van der Waals surface area contributed by atoms with Crippen molar-refractivity contribution >= 4 is 22.8 Å². The molecule has 0 saturated carbocycles. The number of hydrogen-bond acceptors (Lipinski definition) is 1. The first-order valence-corrected chi connectivity index (χ1v) is 6.30. The fraction of sp³-hybridized carbons (Fsp3) is 0.400. The Bertz CT molecular complexity index is 368. The SMILES string of the molecule is CN1CC[C@@H](c2ccc(Cl)cc2)NS1=O. The van der Waals surface area contributed by atoms with Crippen LogP contribution in [-0.4, -0.2) is 22.1 Å². The molecule has 5 heteroatoms. The number of benzene rings is 1. The number of rotatable bonds is 1. The molecule has 1 saturated heterocycles. The molecule has 1 aliphatic rings. The highest BCUT2D eigenvalue weighted by molar-refractivity contribution is 7.80. The van der Waals surface area contributed by atoms with Crippen LogP contribution < -0.4 is 4.72 Å². The second kappa shape index (κ2) is 4.61. The third-order valence-corrected chi connectivity index (χ3v) is 4.02. The molecule has 1 aromatic rings. The average molecular weight is 245 g/mol. The van der Waals surface area contributed by atoms with Crippen LogP contribution >= 0.6 is 11.6 Å². The number of hydrogen-bond donors (Lipinski definition) is 1. The molecule has 0 radical (unpaired) electrons. The van der Waals surface area contributed by atoms with Gasteiger partial charge in [0.05, 0.1) is 0 Å². The predicted molar refractivity (Wildman–Crippen MR) is 62.7 cm³/mol. The standard InChI is InChI=1S/C10H13ClN2OS/c1-13-7-6-10(12-15(13)14)8-2-4-9(11)5-3-8/h2-5,10,12H,6-7H2,1H3/t10-,15?/m0/s1. The van der Waals surface area contributed by atoms with E-state index in [1.807, 2.05) is 31.3 Å². The highest BCUT2D eigenvalue weighted by Gasteiger charge is 2.22. The largest absolute Gasteiger partial charge is 0.225 e. The topological polar surface area (TPSA) is 32.3 Å². The fourth-order valence-electron chi connectivity index (χ4n) is 1.59. The molecular weight excluding hydrogens is 232 g/mol. The summed E-state index contributed by atoms with van der Waals surface area (Å²) in [4.78, 5) is 0. The van der Waals surface area contributed by atoms with Gasteiger partial charge in [-0.15, -0.1) is 0 Å². The van der Waals surface area contributed by atoms with E-state index < -0.39 is 11.2 Å². The quantitative estimate of drug-likeness (QED) is 0.804. The molecule has 1 heterocycles. The molecule has 0 aromatic heterocycles. The summed E-state index contributed by atoms with van der Waals surface area (Å²) in [6.07, 6.45) is 0.962. The first-order valence-electron chi connectivity index (χ1n) is 4.81. The summed E-state index contributed by atoms with van der Waals surface area (Å²) in [5.74, 6) is 0. The Labute approximate surface area is 97.1 Å². The lowest BCUT2D eigenvalue weighted by Gasteiger charge is -2.29. The summed E-state index contributed by atoms with van der Waals surface area (Å²) in [5, 5.41) is 0.729. The van der Waals surface area contributed by atoms with E-state index >= 15 is 0 Å². The molecule has 82 valence electrons. The van der Waals surface area contributed by atoms with Gasteiger partial charge in [-0.3, -0.25) is 0 Å². The summed E-state index contributed by atoms with van der Waals surface area (Å²) in [6, 6.07) is 7.84. The number of halogens is 1. The molecule has 2 rings (SSSR count). The van der Waals surface area contributed by atoms with Crippen molar-refractivity contribution in [3.63, 3.8) is 0 Å². The lowest BCUT2D eigenvalue weighted by atomic mass is 10.1. The van der Waals surface area contributed by atoms with Crippen LogP contribution in [0, 0.1) is 0 Å². The zero-order valence-electron chi connectivity index (χ0n) is 8.44. The molecule has 0 bridgehead atoms. The molecule has 2 atom stereocenters. The summed E-state index contributed by atoms with van der Waals surface area (Å²) in [6.45, 7) is 0.840. The van der Waals surface area contributed by atoms with Crippen molar-refractivity contribution < 1.29 is 4.21 Å². The Morgan fingerprint density at radius 2 is 2.13 bits per heavy atom. The highest BCUT2D eigenvalue weighted by Crippen LogP contribution is 2.22. The lowest BCUT2D eigenvalue weighted by molar-refractivity contribution is 0.418. The van der Waals surface area contributed by atoms with Gasteiger partial charge in [0.2, 0.25) is 0 Å². The smallest absolute Gasteiger partial charge is 0.170 e. The minimum absolute atomic E-state index is 0.166. The molecule has 1 fully saturated rings. The monoisotopic (exact) mass is 244 g/mol. The van der Waals surface area contributed by atoms with Crippen LogP contribution in [0.4, 0.5) is 0 Å². The van der Waals surface area contributed by atoms with Crippen molar-refractivity contribution in [1.82, 2.24) is 9.03 Å². The zero-order valence-corrected chi connectivity index (χ0v) is 10.0. The molecule has 1 aromatic carbocycles. The van der Waals surface area contributed by atoms with Gasteiger partial charge in [0, 0.05) is 24.7 Å². The molecule has 3 nitrogen and oxygen atoms in total. The van der Waals surface area contributed by atoms with Gasteiger partial charge in [0.1, 0.15) is 0 Å². The van der Waals surface area contributed by atoms with Gasteiger partial charge in [-0.25, -0.2) is 13.2 Å². The van der Waals surface area contributed by atoms with Crippen LogP contribution in [0.5, 0.6) is 0 Å². The summed E-state index contributed by atoms with van der Waals surface area (Å²) in [7, 11) is 1.85. The van der Waals surface area contributed by atoms with E-state index in [-0.39, 0.29) is 6.04 Å². The van der Waals surface area contributed by atoms with Gasteiger partial charge < -0.3 is 0 Å². The van der Waals surface area contributed by atoms with Crippen LogP contribution in [0.3, 0.4) is 0 Å². The van der Waals surface area contributed by atoms with Crippen LogP contribution in [-0.2, 0) is 11.2 Å². The average Bonchev–Trinajstić information content (AvgIpc) is 2.23. The van der Waals surface area contributed by atoms with Gasteiger partial charge in [0.15, 0.2) is 11.2 Å². The molecule has 0 amide bonds.